The molecule has 0 bridgehead atoms. The number of nitrogens with zero attached hydrogens (tertiary/aromatic N) is 1. The van der Waals surface area contributed by atoms with Crippen LogP contribution < -0.4 is 5.32 Å². The van der Waals surface area contributed by atoms with Gasteiger partial charge in [-0.15, -0.1) is 11.8 Å². The van der Waals surface area contributed by atoms with Crippen molar-refractivity contribution in [3.8, 4) is 6.07 Å². The Morgan fingerprint density at radius 1 is 1.33 bits per heavy atom. The molecule has 128 valence electrons. The molecule has 1 aliphatic rings. The molecule has 1 fully saturated rings. The number of ether oxygens (including phenoxy) is 1. The lowest BCUT2D eigenvalue weighted by Crippen LogP contribution is -2.49. The fraction of sp³-hybridized carbons (Fsp3) is 0.500. The SMILES string of the molecule is CSc1ccc(C(=O)NC(C)(C#N)COC(=O)C2CCCC2)cc1. The number of carbonyl (C=O) groups excluding carboxylic acids is 2. The quantitative estimate of drug-likeness (QED) is 0.632. The number of amides is 1. The summed E-state index contributed by atoms with van der Waals surface area (Å²) in [6.07, 6.45) is 5.73. The van der Waals surface area contributed by atoms with E-state index in [0.29, 0.717) is 5.56 Å². The van der Waals surface area contributed by atoms with Crippen LogP contribution in [0.3, 0.4) is 0 Å². The van der Waals surface area contributed by atoms with Gasteiger partial charge in [-0.05, 0) is 50.3 Å². The zero-order valence-electron chi connectivity index (χ0n) is 14.0. The minimum Gasteiger partial charge on any atom is -0.462 e. The Kier molecular flexibility index (Phi) is 6.27. The van der Waals surface area contributed by atoms with Crippen LogP contribution in [-0.4, -0.2) is 30.3 Å². The number of rotatable bonds is 6. The molecule has 0 saturated heterocycles. The van der Waals surface area contributed by atoms with Gasteiger partial charge in [0.05, 0.1) is 12.0 Å². The van der Waals surface area contributed by atoms with Gasteiger partial charge in [-0.1, -0.05) is 12.8 Å². The van der Waals surface area contributed by atoms with E-state index in [4.69, 9.17) is 4.74 Å². The summed E-state index contributed by atoms with van der Waals surface area (Å²) < 4.78 is 5.28. The van der Waals surface area contributed by atoms with Crippen LogP contribution in [0.1, 0.15) is 43.0 Å². The second-order valence-corrected chi connectivity index (χ2v) is 7.10. The molecule has 1 amide bonds. The van der Waals surface area contributed by atoms with Crippen LogP contribution in [0, 0.1) is 17.2 Å². The minimum atomic E-state index is -1.25. The lowest BCUT2D eigenvalue weighted by molar-refractivity contribution is -0.149. The van der Waals surface area contributed by atoms with Gasteiger partial charge in [0.2, 0.25) is 0 Å². The number of thioether (sulfide) groups is 1. The van der Waals surface area contributed by atoms with Crippen LogP contribution >= 0.6 is 11.8 Å². The van der Waals surface area contributed by atoms with Gasteiger partial charge in [0, 0.05) is 10.5 Å². The molecule has 1 aliphatic carbocycles. The molecule has 0 aromatic heterocycles. The number of nitriles is 1. The summed E-state index contributed by atoms with van der Waals surface area (Å²) in [6.45, 7) is 1.41. The van der Waals surface area contributed by atoms with Crippen LogP contribution in [0.2, 0.25) is 0 Å². The van der Waals surface area contributed by atoms with Gasteiger partial charge < -0.3 is 10.1 Å². The van der Waals surface area contributed by atoms with Gasteiger partial charge in [-0.3, -0.25) is 9.59 Å². The highest BCUT2D eigenvalue weighted by Crippen LogP contribution is 2.26. The lowest BCUT2D eigenvalue weighted by atomic mass is 10.0. The molecule has 0 spiro atoms. The van der Waals surface area contributed by atoms with Gasteiger partial charge >= 0.3 is 5.97 Å². The number of nitrogens with one attached hydrogen (secondary N) is 1. The molecular formula is C18H22N2O3S. The van der Waals surface area contributed by atoms with E-state index < -0.39 is 5.54 Å². The highest BCUT2D eigenvalue weighted by Gasteiger charge is 2.31. The smallest absolute Gasteiger partial charge is 0.309 e. The predicted molar refractivity (Wildman–Crippen MR) is 92.6 cm³/mol. The van der Waals surface area contributed by atoms with Gasteiger partial charge in [0.1, 0.15) is 6.61 Å². The fourth-order valence-electron chi connectivity index (χ4n) is 2.66. The second-order valence-electron chi connectivity index (χ2n) is 6.22. The first kappa shape index (κ1) is 18.3. The molecule has 1 N–H and O–H groups in total. The molecule has 0 radical (unpaired) electrons. The molecule has 24 heavy (non-hydrogen) atoms. The summed E-state index contributed by atoms with van der Waals surface area (Å²) in [5.74, 6) is -0.695. The third-order valence-corrected chi connectivity index (χ3v) is 4.92. The number of hydrogen-bond donors (Lipinski definition) is 1. The molecule has 2 rings (SSSR count). The van der Waals surface area contributed by atoms with Crippen LogP contribution in [0.15, 0.2) is 29.2 Å². The zero-order valence-corrected chi connectivity index (χ0v) is 14.8. The van der Waals surface area contributed by atoms with Gasteiger partial charge in [-0.25, -0.2) is 0 Å². The number of esters is 1. The monoisotopic (exact) mass is 346 g/mol. The molecule has 1 aromatic carbocycles. The zero-order chi connectivity index (χ0) is 17.6. The summed E-state index contributed by atoms with van der Waals surface area (Å²) in [5, 5.41) is 12.0. The normalized spacial score (nSPS) is 16.9. The highest BCUT2D eigenvalue weighted by molar-refractivity contribution is 7.98. The van der Waals surface area contributed by atoms with Crippen molar-refractivity contribution in [2.45, 2.75) is 43.0 Å². The highest BCUT2D eigenvalue weighted by atomic mass is 32.2. The molecule has 0 aliphatic heterocycles. The first-order valence-corrected chi connectivity index (χ1v) is 9.24. The maximum atomic E-state index is 12.3. The van der Waals surface area contributed by atoms with Crippen molar-refractivity contribution in [3.63, 3.8) is 0 Å². The van der Waals surface area contributed by atoms with Crippen molar-refractivity contribution >= 4 is 23.6 Å². The van der Waals surface area contributed by atoms with Crippen LogP contribution in [0.5, 0.6) is 0 Å². The molecule has 1 atom stereocenters. The van der Waals surface area contributed by atoms with Gasteiger partial charge in [-0.2, -0.15) is 5.26 Å². The first-order valence-electron chi connectivity index (χ1n) is 8.02. The largest absolute Gasteiger partial charge is 0.462 e. The maximum Gasteiger partial charge on any atom is 0.309 e. The molecule has 5 nitrogen and oxygen atoms in total. The topological polar surface area (TPSA) is 79.2 Å². The summed E-state index contributed by atoms with van der Waals surface area (Å²) in [5.41, 5.74) is -0.778. The van der Waals surface area contributed by atoms with Crippen molar-refractivity contribution in [1.29, 1.82) is 5.26 Å². The number of benzene rings is 1. The average Bonchev–Trinajstić information content (AvgIpc) is 3.14. The molecule has 0 heterocycles. The summed E-state index contributed by atoms with van der Waals surface area (Å²) in [7, 11) is 0. The summed E-state index contributed by atoms with van der Waals surface area (Å²) >= 11 is 1.59. The van der Waals surface area contributed by atoms with Gasteiger partial charge in [0.25, 0.3) is 5.91 Å². The molecule has 1 aromatic rings. The number of carbonyl (C=O) groups is 2. The third kappa shape index (κ3) is 4.75. The van der Waals surface area contributed by atoms with E-state index in [1.165, 1.54) is 0 Å². The van der Waals surface area contributed by atoms with E-state index in [1.807, 2.05) is 24.5 Å². The predicted octanol–water partition coefficient (Wildman–Crippen LogP) is 3.15. The van der Waals surface area contributed by atoms with E-state index in [1.54, 1.807) is 30.8 Å². The van der Waals surface area contributed by atoms with Crippen LogP contribution in [0.25, 0.3) is 0 Å². The van der Waals surface area contributed by atoms with E-state index >= 15 is 0 Å². The average molecular weight is 346 g/mol. The van der Waals surface area contributed by atoms with E-state index in [0.717, 1.165) is 30.6 Å². The van der Waals surface area contributed by atoms with Crippen molar-refractivity contribution < 1.29 is 14.3 Å². The number of hydrogen-bond acceptors (Lipinski definition) is 5. The molecular weight excluding hydrogens is 324 g/mol. The Hall–Kier alpha value is -2.00. The van der Waals surface area contributed by atoms with Crippen molar-refractivity contribution in [3.05, 3.63) is 29.8 Å². The van der Waals surface area contributed by atoms with E-state index in [2.05, 4.69) is 5.32 Å². The Bertz CT molecular complexity index is 633. The van der Waals surface area contributed by atoms with Crippen molar-refractivity contribution in [1.82, 2.24) is 5.32 Å². The minimum absolute atomic E-state index is 0.0669. The van der Waals surface area contributed by atoms with E-state index in [9.17, 15) is 14.9 Å². The van der Waals surface area contributed by atoms with E-state index in [-0.39, 0.29) is 24.4 Å². The van der Waals surface area contributed by atoms with Crippen molar-refractivity contribution in [2.75, 3.05) is 12.9 Å². The maximum absolute atomic E-state index is 12.3. The third-order valence-electron chi connectivity index (χ3n) is 4.18. The van der Waals surface area contributed by atoms with Crippen molar-refractivity contribution in [2.24, 2.45) is 5.92 Å². The lowest BCUT2D eigenvalue weighted by Gasteiger charge is -2.23. The van der Waals surface area contributed by atoms with Crippen LogP contribution in [0.4, 0.5) is 0 Å². The molecule has 1 unspecified atom stereocenters. The Labute approximate surface area is 146 Å². The second kappa shape index (κ2) is 8.20. The Morgan fingerprint density at radius 2 is 1.96 bits per heavy atom. The Balaban J connectivity index is 1.94. The van der Waals surface area contributed by atoms with Gasteiger partial charge in [0.15, 0.2) is 5.54 Å². The first-order chi connectivity index (χ1) is 11.5. The summed E-state index contributed by atoms with van der Waals surface area (Å²) in [4.78, 5) is 25.4. The molecule has 1 saturated carbocycles. The fourth-order valence-corrected chi connectivity index (χ4v) is 3.06. The standard InChI is InChI=1S/C18H22N2O3S/c1-18(11-19,12-23-17(22)14-5-3-4-6-14)20-16(21)13-7-9-15(24-2)10-8-13/h7-10,14H,3-6,12H2,1-2H3,(H,20,21). The Morgan fingerprint density at radius 3 is 2.50 bits per heavy atom. The summed E-state index contributed by atoms with van der Waals surface area (Å²) in [6, 6.07) is 9.16. The molecule has 6 heteroatoms. The van der Waals surface area contributed by atoms with Crippen LogP contribution in [-0.2, 0) is 9.53 Å².